The van der Waals surface area contributed by atoms with Crippen molar-refractivity contribution in [3.05, 3.63) is 35.4 Å². The van der Waals surface area contributed by atoms with E-state index in [2.05, 4.69) is 35.3 Å². The maximum atomic E-state index is 12.1. The number of piperidine rings is 1. The molecule has 0 saturated carbocycles. The molecule has 5 nitrogen and oxygen atoms in total. The van der Waals surface area contributed by atoms with Crippen LogP contribution in [0.3, 0.4) is 0 Å². The molecule has 1 unspecified atom stereocenters. The highest BCUT2D eigenvalue weighted by Crippen LogP contribution is 2.21. The van der Waals surface area contributed by atoms with Gasteiger partial charge in [-0.2, -0.15) is 0 Å². The van der Waals surface area contributed by atoms with Crippen molar-refractivity contribution in [3.8, 4) is 0 Å². The van der Waals surface area contributed by atoms with Crippen LogP contribution in [0.25, 0.3) is 0 Å². The van der Waals surface area contributed by atoms with Gasteiger partial charge in [0, 0.05) is 19.1 Å². The number of amides is 2. The highest BCUT2D eigenvalue weighted by molar-refractivity contribution is 8.00. The van der Waals surface area contributed by atoms with E-state index in [-0.39, 0.29) is 18.4 Å². The highest BCUT2D eigenvalue weighted by Gasteiger charge is 2.23. The minimum atomic E-state index is -0.0861. The minimum Gasteiger partial charge on any atom is -0.350 e. The van der Waals surface area contributed by atoms with E-state index >= 15 is 0 Å². The second-order valence-corrected chi connectivity index (χ2v) is 7.89. The van der Waals surface area contributed by atoms with Gasteiger partial charge in [0.25, 0.3) is 0 Å². The van der Waals surface area contributed by atoms with Gasteiger partial charge in [0.2, 0.25) is 11.8 Å². The molecule has 2 amide bonds. The van der Waals surface area contributed by atoms with Gasteiger partial charge in [0.15, 0.2) is 0 Å². The van der Waals surface area contributed by atoms with Gasteiger partial charge in [-0.1, -0.05) is 30.7 Å². The molecule has 2 fully saturated rings. The lowest BCUT2D eigenvalue weighted by molar-refractivity contribution is -0.132. The topological polar surface area (TPSA) is 52.7 Å². The van der Waals surface area contributed by atoms with Crippen LogP contribution in [0.5, 0.6) is 0 Å². The van der Waals surface area contributed by atoms with Crippen molar-refractivity contribution in [2.24, 2.45) is 0 Å². The Bertz CT molecular complexity index is 622. The van der Waals surface area contributed by atoms with Gasteiger partial charge in [0.05, 0.1) is 11.6 Å². The molecule has 2 heterocycles. The SMILES string of the molecule is CC1CCCCN1Cc1ccccc1CNC(=O)CN1CSCC1=O. The summed E-state index contributed by atoms with van der Waals surface area (Å²) in [5, 5.41) is 2.97. The Morgan fingerprint density at radius 3 is 2.80 bits per heavy atom. The number of benzene rings is 1. The van der Waals surface area contributed by atoms with E-state index < -0.39 is 0 Å². The molecule has 1 aromatic rings. The van der Waals surface area contributed by atoms with Crippen LogP contribution >= 0.6 is 11.8 Å². The third kappa shape index (κ3) is 4.98. The van der Waals surface area contributed by atoms with Crippen molar-refractivity contribution < 1.29 is 9.59 Å². The Labute approximate surface area is 154 Å². The predicted molar refractivity (Wildman–Crippen MR) is 101 cm³/mol. The molecule has 1 atom stereocenters. The zero-order valence-corrected chi connectivity index (χ0v) is 15.7. The summed E-state index contributed by atoms with van der Waals surface area (Å²) in [5.74, 6) is 1.08. The number of nitrogens with zero attached hydrogens (tertiary/aromatic N) is 2. The molecule has 6 heteroatoms. The zero-order chi connectivity index (χ0) is 17.6. The number of thioether (sulfide) groups is 1. The first kappa shape index (κ1) is 18.3. The predicted octanol–water partition coefficient (Wildman–Crippen LogP) is 2.21. The van der Waals surface area contributed by atoms with E-state index in [1.807, 2.05) is 6.07 Å². The number of carbonyl (C=O) groups is 2. The van der Waals surface area contributed by atoms with Crippen LogP contribution in [0.4, 0.5) is 0 Å². The monoisotopic (exact) mass is 361 g/mol. The third-order valence-corrected chi connectivity index (χ3v) is 6.01. The van der Waals surface area contributed by atoms with E-state index in [1.54, 1.807) is 16.7 Å². The number of rotatable bonds is 6. The molecule has 3 rings (SSSR count). The Hall–Kier alpha value is -1.53. The summed E-state index contributed by atoms with van der Waals surface area (Å²) < 4.78 is 0. The molecule has 136 valence electrons. The molecule has 2 saturated heterocycles. The summed E-state index contributed by atoms with van der Waals surface area (Å²) in [6, 6.07) is 8.95. The summed E-state index contributed by atoms with van der Waals surface area (Å²) in [4.78, 5) is 27.9. The lowest BCUT2D eigenvalue weighted by Gasteiger charge is -2.33. The van der Waals surface area contributed by atoms with Crippen LogP contribution in [0.1, 0.15) is 37.3 Å². The fourth-order valence-corrected chi connectivity index (χ4v) is 4.36. The maximum Gasteiger partial charge on any atom is 0.239 e. The number of hydrogen-bond donors (Lipinski definition) is 1. The van der Waals surface area contributed by atoms with Crippen LogP contribution in [0.15, 0.2) is 24.3 Å². The Balaban J connectivity index is 1.55. The average Bonchev–Trinajstić information content (AvgIpc) is 3.01. The van der Waals surface area contributed by atoms with Gasteiger partial charge >= 0.3 is 0 Å². The first-order chi connectivity index (χ1) is 12.1. The molecule has 0 aromatic heterocycles. The standard InChI is InChI=1S/C19H27N3O2S/c1-15-6-4-5-9-21(15)11-17-8-3-2-7-16(17)10-20-18(23)12-22-14-25-13-19(22)24/h2-3,7-8,15H,4-6,9-14H2,1H3,(H,20,23). The molecule has 0 spiro atoms. The molecular weight excluding hydrogens is 334 g/mol. The summed E-state index contributed by atoms with van der Waals surface area (Å²) in [7, 11) is 0. The smallest absolute Gasteiger partial charge is 0.239 e. The van der Waals surface area contributed by atoms with Gasteiger partial charge < -0.3 is 10.2 Å². The summed E-state index contributed by atoms with van der Waals surface area (Å²) in [6.45, 7) is 5.07. The average molecular weight is 362 g/mol. The molecule has 1 aromatic carbocycles. The molecule has 2 aliphatic heterocycles. The van der Waals surface area contributed by atoms with E-state index in [1.165, 1.54) is 24.8 Å². The molecule has 0 aliphatic carbocycles. The molecule has 1 N–H and O–H groups in total. The quantitative estimate of drug-likeness (QED) is 0.844. The fraction of sp³-hybridized carbons (Fsp3) is 0.579. The zero-order valence-electron chi connectivity index (χ0n) is 14.9. The van der Waals surface area contributed by atoms with Crippen molar-refractivity contribution in [2.45, 2.75) is 45.3 Å². The highest BCUT2D eigenvalue weighted by atomic mass is 32.2. The molecule has 0 bridgehead atoms. The summed E-state index contributed by atoms with van der Waals surface area (Å²) >= 11 is 1.56. The van der Waals surface area contributed by atoms with Crippen LogP contribution in [-0.4, -0.2) is 52.4 Å². The van der Waals surface area contributed by atoms with E-state index in [0.29, 0.717) is 24.2 Å². The van der Waals surface area contributed by atoms with Gasteiger partial charge in [-0.05, 0) is 37.4 Å². The number of nitrogens with one attached hydrogen (secondary N) is 1. The Kier molecular flexibility index (Phi) is 6.37. The number of carbonyl (C=O) groups excluding carboxylic acids is 2. The Morgan fingerprint density at radius 1 is 1.28 bits per heavy atom. The number of likely N-dealkylation sites (tertiary alicyclic amines) is 1. The van der Waals surface area contributed by atoms with Crippen molar-refractivity contribution >= 4 is 23.6 Å². The normalized spacial score (nSPS) is 21.6. The van der Waals surface area contributed by atoms with Crippen LogP contribution in [-0.2, 0) is 22.7 Å². The lowest BCUT2D eigenvalue weighted by atomic mass is 10.0. The van der Waals surface area contributed by atoms with Crippen LogP contribution in [0, 0.1) is 0 Å². The number of hydrogen-bond acceptors (Lipinski definition) is 4. The van der Waals surface area contributed by atoms with Crippen molar-refractivity contribution in [2.75, 3.05) is 24.7 Å². The van der Waals surface area contributed by atoms with Gasteiger partial charge in [-0.15, -0.1) is 11.8 Å². The van der Waals surface area contributed by atoms with Gasteiger partial charge in [-0.25, -0.2) is 0 Å². The van der Waals surface area contributed by atoms with Gasteiger partial charge in [0.1, 0.15) is 6.54 Å². The van der Waals surface area contributed by atoms with Crippen LogP contribution in [0.2, 0.25) is 0 Å². The van der Waals surface area contributed by atoms with E-state index in [4.69, 9.17) is 0 Å². The minimum absolute atomic E-state index is 0.0552. The second kappa shape index (κ2) is 8.72. The lowest BCUT2D eigenvalue weighted by Crippen LogP contribution is -2.38. The first-order valence-corrected chi connectivity index (χ1v) is 10.2. The first-order valence-electron chi connectivity index (χ1n) is 9.06. The van der Waals surface area contributed by atoms with E-state index in [0.717, 1.165) is 18.7 Å². The van der Waals surface area contributed by atoms with Crippen molar-refractivity contribution in [1.82, 2.24) is 15.1 Å². The maximum absolute atomic E-state index is 12.1. The molecule has 2 aliphatic rings. The Morgan fingerprint density at radius 2 is 2.08 bits per heavy atom. The second-order valence-electron chi connectivity index (χ2n) is 6.93. The van der Waals surface area contributed by atoms with Crippen molar-refractivity contribution in [3.63, 3.8) is 0 Å². The summed E-state index contributed by atoms with van der Waals surface area (Å²) in [5.41, 5.74) is 2.44. The molecule has 0 radical (unpaired) electrons. The van der Waals surface area contributed by atoms with E-state index in [9.17, 15) is 9.59 Å². The van der Waals surface area contributed by atoms with Crippen molar-refractivity contribution in [1.29, 1.82) is 0 Å². The third-order valence-electron chi connectivity index (χ3n) is 5.07. The molecular formula is C19H27N3O2S. The fourth-order valence-electron chi connectivity index (χ4n) is 3.46. The van der Waals surface area contributed by atoms with Crippen LogP contribution < -0.4 is 5.32 Å². The largest absolute Gasteiger partial charge is 0.350 e. The van der Waals surface area contributed by atoms with Gasteiger partial charge in [-0.3, -0.25) is 14.5 Å². The summed E-state index contributed by atoms with van der Waals surface area (Å²) in [6.07, 6.45) is 3.86. The molecule has 25 heavy (non-hydrogen) atoms.